The maximum Gasteiger partial charge on any atom is 0.370 e. The monoisotopic (exact) mass is 337 g/mol. The number of furan rings is 1. The lowest BCUT2D eigenvalue weighted by molar-refractivity contribution is -0.429. The molecule has 4 nitrogen and oxygen atoms in total. The van der Waals surface area contributed by atoms with Crippen LogP contribution < -0.4 is 10.3 Å². The zero-order chi connectivity index (χ0) is 17.6. The average Bonchev–Trinajstić information content (AvgIpc) is 2.99. The summed E-state index contributed by atoms with van der Waals surface area (Å²) < 4.78 is 19.3. The molecule has 2 heterocycles. The van der Waals surface area contributed by atoms with Crippen LogP contribution in [0.5, 0.6) is 0 Å². The summed E-state index contributed by atoms with van der Waals surface area (Å²) in [6.07, 6.45) is 2.12. The molecule has 1 aliphatic rings. The number of nitrogens with one attached hydrogen (secondary N) is 2. The van der Waals surface area contributed by atoms with Gasteiger partial charge in [0.2, 0.25) is 0 Å². The van der Waals surface area contributed by atoms with E-state index in [1.165, 1.54) is 17.7 Å². The fourth-order valence-corrected chi connectivity index (χ4v) is 3.20. The van der Waals surface area contributed by atoms with E-state index < -0.39 is 0 Å². The van der Waals surface area contributed by atoms with Crippen molar-refractivity contribution in [2.45, 2.75) is 6.92 Å². The summed E-state index contributed by atoms with van der Waals surface area (Å²) in [4.78, 5) is 2.78. The van der Waals surface area contributed by atoms with Gasteiger partial charge in [0.05, 0.1) is 0 Å². The lowest BCUT2D eigenvalue weighted by atomic mass is 9.97. The van der Waals surface area contributed by atoms with E-state index in [0.717, 1.165) is 23.2 Å². The summed E-state index contributed by atoms with van der Waals surface area (Å²) in [6, 6.07) is 10.00. The predicted octanol–water partition coefficient (Wildman–Crippen LogP) is 3.08. The van der Waals surface area contributed by atoms with Gasteiger partial charge in [-0.05, 0) is 42.8 Å². The van der Waals surface area contributed by atoms with Crippen LogP contribution >= 0.6 is 0 Å². The molecule has 0 bridgehead atoms. The van der Waals surface area contributed by atoms with Crippen molar-refractivity contribution in [3.63, 3.8) is 0 Å². The van der Waals surface area contributed by atoms with Crippen molar-refractivity contribution in [3.05, 3.63) is 59.4 Å². The van der Waals surface area contributed by atoms with Gasteiger partial charge < -0.3 is 14.8 Å². The van der Waals surface area contributed by atoms with E-state index in [9.17, 15) is 9.50 Å². The van der Waals surface area contributed by atoms with Crippen molar-refractivity contribution in [2.75, 3.05) is 18.9 Å². The smallest absolute Gasteiger partial charge is 0.370 e. The van der Waals surface area contributed by atoms with Crippen LogP contribution in [0.2, 0.25) is 0 Å². The van der Waals surface area contributed by atoms with Gasteiger partial charge in [-0.2, -0.15) is 0 Å². The van der Waals surface area contributed by atoms with Crippen LogP contribution in [0.15, 0.2) is 46.9 Å². The molecule has 25 heavy (non-hydrogen) atoms. The number of aliphatic hydroxyl groups excluding tert-OH is 1. The summed E-state index contributed by atoms with van der Waals surface area (Å²) in [5, 5.41) is 14.6. The van der Waals surface area contributed by atoms with Gasteiger partial charge >= 0.3 is 5.90 Å². The van der Waals surface area contributed by atoms with Crippen molar-refractivity contribution in [2.24, 2.45) is 0 Å². The summed E-state index contributed by atoms with van der Waals surface area (Å²) in [5.74, 6) is 0.206. The number of hydrogen-bond acceptors (Lipinski definition) is 2. The Hall–Kier alpha value is -3.08. The molecule has 0 atom stereocenters. The largest absolute Gasteiger partial charge is 0.460 e. The highest BCUT2D eigenvalue weighted by Crippen LogP contribution is 2.38. The fraction of sp³-hybridized carbons (Fsp3) is 0.150. The van der Waals surface area contributed by atoms with Gasteiger partial charge in [-0.15, -0.1) is 0 Å². The Morgan fingerprint density at radius 3 is 2.72 bits per heavy atom. The van der Waals surface area contributed by atoms with E-state index in [1.54, 1.807) is 19.2 Å². The SMILES string of the molecule is C[NH+]=C(O)c1c(-c2ccc(F)cc2)oc2cc3c(cc12)C(C)=CCN3. The highest BCUT2D eigenvalue weighted by Gasteiger charge is 2.25. The third kappa shape index (κ3) is 2.48. The first-order valence-corrected chi connectivity index (χ1v) is 8.10. The lowest BCUT2D eigenvalue weighted by Crippen LogP contribution is -2.68. The molecule has 0 spiro atoms. The number of benzene rings is 2. The number of anilines is 1. The maximum atomic E-state index is 13.3. The molecule has 126 valence electrons. The number of hydrogen-bond donors (Lipinski definition) is 3. The van der Waals surface area contributed by atoms with Crippen molar-refractivity contribution in [1.29, 1.82) is 0 Å². The van der Waals surface area contributed by atoms with E-state index in [2.05, 4.69) is 23.3 Å². The van der Waals surface area contributed by atoms with Gasteiger partial charge in [-0.25, -0.2) is 9.38 Å². The molecule has 0 amide bonds. The molecular formula is C20H18FN2O2+. The Morgan fingerprint density at radius 2 is 2.00 bits per heavy atom. The van der Waals surface area contributed by atoms with E-state index in [-0.39, 0.29) is 11.7 Å². The van der Waals surface area contributed by atoms with Crippen LogP contribution in [-0.4, -0.2) is 24.6 Å². The first-order chi connectivity index (χ1) is 12.1. The minimum atomic E-state index is -0.316. The average molecular weight is 337 g/mol. The summed E-state index contributed by atoms with van der Waals surface area (Å²) in [7, 11) is 1.65. The van der Waals surface area contributed by atoms with Gasteiger partial charge in [-0.1, -0.05) is 6.08 Å². The highest BCUT2D eigenvalue weighted by atomic mass is 19.1. The number of aliphatic hydroxyl groups is 1. The fourth-order valence-electron chi connectivity index (χ4n) is 3.20. The molecule has 0 radical (unpaired) electrons. The molecule has 1 aliphatic heterocycles. The number of fused-ring (bicyclic) bond motifs is 2. The number of rotatable bonds is 2. The van der Waals surface area contributed by atoms with Gasteiger partial charge in [0, 0.05) is 34.8 Å². The minimum Gasteiger partial charge on any atom is -0.460 e. The second-order valence-corrected chi connectivity index (χ2v) is 6.07. The van der Waals surface area contributed by atoms with Crippen LogP contribution in [0.4, 0.5) is 10.1 Å². The normalized spacial score (nSPS) is 14.2. The zero-order valence-electron chi connectivity index (χ0n) is 14.0. The Morgan fingerprint density at radius 1 is 1.24 bits per heavy atom. The molecule has 0 aliphatic carbocycles. The first kappa shape index (κ1) is 15.4. The molecule has 1 aromatic heterocycles. The lowest BCUT2D eigenvalue weighted by Gasteiger charge is -2.16. The van der Waals surface area contributed by atoms with E-state index in [1.807, 2.05) is 12.1 Å². The minimum absolute atomic E-state index is 0.0171. The number of allylic oxidation sites excluding steroid dienone is 1. The zero-order valence-corrected chi connectivity index (χ0v) is 14.0. The maximum absolute atomic E-state index is 13.3. The molecule has 5 heteroatoms. The Balaban J connectivity index is 2.03. The van der Waals surface area contributed by atoms with Gasteiger partial charge in [-0.3, -0.25) is 0 Å². The number of halogens is 1. The predicted molar refractivity (Wildman–Crippen MR) is 97.4 cm³/mol. The molecule has 0 saturated carbocycles. The van der Waals surface area contributed by atoms with E-state index in [0.29, 0.717) is 22.5 Å². The van der Waals surface area contributed by atoms with Crippen molar-refractivity contribution >= 4 is 28.1 Å². The standard InChI is InChI=1S/C20H17FN2O2/c1-11-7-8-23-16-10-17-15(9-14(11)16)18(20(24)22-2)19(25-17)12-3-5-13(21)6-4-12/h3-7,9-10,23H,8H2,1-2H3,(H,22,24)/p+1. The Kier molecular flexibility index (Phi) is 3.57. The third-order valence-corrected chi connectivity index (χ3v) is 4.53. The Bertz CT molecular complexity index is 1030. The van der Waals surface area contributed by atoms with Gasteiger partial charge in [0.15, 0.2) is 5.76 Å². The van der Waals surface area contributed by atoms with Gasteiger partial charge in [0.25, 0.3) is 0 Å². The van der Waals surface area contributed by atoms with Crippen molar-refractivity contribution in [1.82, 2.24) is 0 Å². The Labute approximate surface area is 144 Å². The molecule has 3 N–H and O–H groups in total. The highest BCUT2D eigenvalue weighted by molar-refractivity contribution is 6.09. The molecule has 0 unspecified atom stereocenters. The van der Waals surface area contributed by atoms with Crippen LogP contribution in [0.25, 0.3) is 27.9 Å². The van der Waals surface area contributed by atoms with Crippen LogP contribution in [0.1, 0.15) is 18.1 Å². The first-order valence-electron chi connectivity index (χ1n) is 8.10. The molecule has 3 aromatic rings. The molecule has 0 saturated heterocycles. The quantitative estimate of drug-likeness (QED) is 0.497. The molecule has 4 rings (SSSR count). The summed E-state index contributed by atoms with van der Waals surface area (Å²) >= 11 is 0. The summed E-state index contributed by atoms with van der Waals surface area (Å²) in [6.45, 7) is 2.84. The third-order valence-electron chi connectivity index (χ3n) is 4.53. The van der Waals surface area contributed by atoms with E-state index in [4.69, 9.17) is 4.42 Å². The molecular weight excluding hydrogens is 319 g/mol. The molecule has 0 fully saturated rings. The van der Waals surface area contributed by atoms with Crippen LogP contribution in [-0.2, 0) is 0 Å². The second kappa shape index (κ2) is 5.77. The van der Waals surface area contributed by atoms with Crippen LogP contribution in [0, 0.1) is 5.82 Å². The second-order valence-electron chi connectivity index (χ2n) is 6.07. The van der Waals surface area contributed by atoms with Gasteiger partial charge in [0.1, 0.15) is 24.0 Å². The summed E-state index contributed by atoms with van der Waals surface area (Å²) in [5.41, 5.74) is 5.20. The van der Waals surface area contributed by atoms with Crippen LogP contribution in [0.3, 0.4) is 0 Å². The van der Waals surface area contributed by atoms with Crippen molar-refractivity contribution < 1.29 is 18.9 Å². The van der Waals surface area contributed by atoms with Crippen molar-refractivity contribution in [3.8, 4) is 11.3 Å². The topological polar surface area (TPSA) is 59.4 Å². The molecule has 2 aromatic carbocycles. The van der Waals surface area contributed by atoms with E-state index >= 15 is 0 Å².